The minimum atomic E-state index is -0.383. The summed E-state index contributed by atoms with van der Waals surface area (Å²) in [7, 11) is 1.55. The highest BCUT2D eigenvalue weighted by Crippen LogP contribution is 2.36. The molecule has 20 heavy (non-hydrogen) atoms. The predicted octanol–water partition coefficient (Wildman–Crippen LogP) is 1.53. The van der Waals surface area contributed by atoms with Gasteiger partial charge in [0, 0.05) is 24.8 Å². The van der Waals surface area contributed by atoms with Crippen LogP contribution in [-0.2, 0) is 9.59 Å². The molecule has 1 aliphatic carbocycles. The third-order valence-electron chi connectivity index (χ3n) is 4.56. The Bertz CT molecular complexity index is 457. The number of nitrogens with zero attached hydrogens (tertiary/aromatic N) is 2. The van der Waals surface area contributed by atoms with E-state index in [1.54, 1.807) is 18.8 Å². The first-order chi connectivity index (χ1) is 9.60. The summed E-state index contributed by atoms with van der Waals surface area (Å²) in [5.41, 5.74) is 0.210. The fourth-order valence-corrected chi connectivity index (χ4v) is 4.50. The third-order valence-corrected chi connectivity index (χ3v) is 5.74. The minimum absolute atomic E-state index is 0.0952. The van der Waals surface area contributed by atoms with Crippen LogP contribution in [0.1, 0.15) is 44.9 Å². The van der Waals surface area contributed by atoms with Crippen LogP contribution >= 0.6 is 11.8 Å². The van der Waals surface area contributed by atoms with Crippen molar-refractivity contribution in [2.75, 3.05) is 12.8 Å². The van der Waals surface area contributed by atoms with Gasteiger partial charge in [-0.15, -0.1) is 0 Å². The molecule has 2 amide bonds. The molecule has 1 unspecified atom stereocenters. The van der Waals surface area contributed by atoms with Gasteiger partial charge in [-0.25, -0.2) is 4.99 Å². The van der Waals surface area contributed by atoms with Gasteiger partial charge in [0.25, 0.3) is 5.91 Å². The van der Waals surface area contributed by atoms with Gasteiger partial charge in [0.2, 0.25) is 5.91 Å². The van der Waals surface area contributed by atoms with E-state index < -0.39 is 0 Å². The molecule has 3 aliphatic rings. The number of amides is 2. The number of hydrogen-bond donors (Lipinski definition) is 1. The summed E-state index contributed by atoms with van der Waals surface area (Å²) in [6, 6.07) is -0.383. The lowest BCUT2D eigenvalue weighted by Gasteiger charge is -2.33. The average molecular weight is 295 g/mol. The number of aliphatic imine (C=N–C) groups is 1. The summed E-state index contributed by atoms with van der Waals surface area (Å²) in [5, 5.41) is 4.45. The van der Waals surface area contributed by atoms with Gasteiger partial charge in [-0.3, -0.25) is 14.5 Å². The van der Waals surface area contributed by atoms with Crippen molar-refractivity contribution in [3.05, 3.63) is 0 Å². The van der Waals surface area contributed by atoms with Crippen LogP contribution in [0.3, 0.4) is 0 Å². The molecule has 0 aromatic heterocycles. The molecule has 6 heteroatoms. The number of imide groups is 1. The van der Waals surface area contributed by atoms with E-state index in [0.29, 0.717) is 12.8 Å². The quantitative estimate of drug-likeness (QED) is 0.745. The van der Waals surface area contributed by atoms with Crippen molar-refractivity contribution in [1.29, 1.82) is 0 Å². The summed E-state index contributed by atoms with van der Waals surface area (Å²) in [4.78, 5) is 29.3. The van der Waals surface area contributed by atoms with Crippen molar-refractivity contribution >= 4 is 28.7 Å². The van der Waals surface area contributed by atoms with Gasteiger partial charge in [-0.2, -0.15) is 0 Å². The zero-order valence-corrected chi connectivity index (χ0v) is 12.7. The van der Waals surface area contributed by atoms with Crippen molar-refractivity contribution in [2.45, 2.75) is 56.5 Å². The molecular formula is C14H21N3O2S. The van der Waals surface area contributed by atoms with E-state index >= 15 is 0 Å². The molecule has 110 valence electrons. The number of amidine groups is 1. The van der Waals surface area contributed by atoms with E-state index in [1.807, 2.05) is 0 Å². The Hall–Kier alpha value is -1.04. The average Bonchev–Trinajstić information content (AvgIpc) is 2.83. The van der Waals surface area contributed by atoms with Gasteiger partial charge in [-0.1, -0.05) is 31.0 Å². The molecule has 0 aromatic carbocycles. The maximum Gasteiger partial charge on any atom is 0.253 e. The highest BCUT2D eigenvalue weighted by atomic mass is 32.2. The molecule has 3 rings (SSSR count). The SMILES string of the molecule is CN1C(=O)CCC(N=C2NC3(CCCCC3)CS2)C1=O. The first-order valence-corrected chi connectivity index (χ1v) is 8.37. The lowest BCUT2D eigenvalue weighted by atomic mass is 9.83. The smallest absolute Gasteiger partial charge is 0.253 e. The number of likely N-dealkylation sites (tertiary alicyclic amines) is 1. The number of piperidine rings is 1. The van der Waals surface area contributed by atoms with Crippen molar-refractivity contribution in [2.24, 2.45) is 4.99 Å². The van der Waals surface area contributed by atoms with Gasteiger partial charge in [-0.05, 0) is 19.3 Å². The van der Waals surface area contributed by atoms with Gasteiger partial charge >= 0.3 is 0 Å². The van der Waals surface area contributed by atoms with Crippen LogP contribution in [0.2, 0.25) is 0 Å². The second-order valence-electron chi connectivity index (χ2n) is 6.03. The van der Waals surface area contributed by atoms with Crippen molar-refractivity contribution < 1.29 is 9.59 Å². The summed E-state index contributed by atoms with van der Waals surface area (Å²) < 4.78 is 0. The molecule has 0 aromatic rings. The van der Waals surface area contributed by atoms with Crippen LogP contribution in [0.5, 0.6) is 0 Å². The lowest BCUT2D eigenvalue weighted by Crippen LogP contribution is -2.47. The Morgan fingerprint density at radius 2 is 2.05 bits per heavy atom. The van der Waals surface area contributed by atoms with Crippen LogP contribution in [0, 0.1) is 0 Å². The fourth-order valence-electron chi connectivity index (χ4n) is 3.23. The number of likely N-dealkylation sites (N-methyl/N-ethyl adjacent to an activating group) is 1. The molecule has 1 atom stereocenters. The predicted molar refractivity (Wildman–Crippen MR) is 79.6 cm³/mol. The monoisotopic (exact) mass is 295 g/mol. The molecule has 0 radical (unpaired) electrons. The molecule has 1 saturated carbocycles. The summed E-state index contributed by atoms with van der Waals surface area (Å²) in [6.45, 7) is 0. The van der Waals surface area contributed by atoms with Crippen molar-refractivity contribution in [3.63, 3.8) is 0 Å². The van der Waals surface area contributed by atoms with Gasteiger partial charge in [0.15, 0.2) is 5.17 Å². The zero-order chi connectivity index (χ0) is 14.2. The molecule has 1 spiro atoms. The van der Waals surface area contributed by atoms with Crippen molar-refractivity contribution in [3.8, 4) is 0 Å². The highest BCUT2D eigenvalue weighted by molar-refractivity contribution is 8.14. The molecule has 2 aliphatic heterocycles. The standard InChI is InChI=1S/C14H21N3O2S/c1-17-11(18)6-5-10(12(17)19)15-13-16-14(9-20-13)7-3-2-4-8-14/h10H,2-9H2,1H3,(H,15,16). The normalized spacial score (nSPS) is 31.9. The second-order valence-corrected chi connectivity index (χ2v) is 7.00. The lowest BCUT2D eigenvalue weighted by molar-refractivity contribution is -0.147. The van der Waals surface area contributed by atoms with E-state index in [1.165, 1.54) is 37.0 Å². The maximum atomic E-state index is 12.1. The molecule has 5 nitrogen and oxygen atoms in total. The summed E-state index contributed by atoms with van der Waals surface area (Å²) in [5.74, 6) is 0.796. The molecule has 1 N–H and O–H groups in total. The first-order valence-electron chi connectivity index (χ1n) is 7.39. The van der Waals surface area contributed by atoms with E-state index in [4.69, 9.17) is 0 Å². The maximum absolute atomic E-state index is 12.1. The van der Waals surface area contributed by atoms with Gasteiger partial charge in [0.1, 0.15) is 6.04 Å². The largest absolute Gasteiger partial charge is 0.359 e. The molecule has 2 heterocycles. The second kappa shape index (κ2) is 5.39. The zero-order valence-electron chi connectivity index (χ0n) is 11.9. The Morgan fingerprint density at radius 1 is 1.30 bits per heavy atom. The number of nitrogens with one attached hydrogen (secondary N) is 1. The number of carbonyl (C=O) groups is 2. The van der Waals surface area contributed by atoms with Crippen LogP contribution < -0.4 is 5.32 Å². The topological polar surface area (TPSA) is 61.8 Å². The number of carbonyl (C=O) groups excluding carboxylic acids is 2. The molecule has 3 fully saturated rings. The van der Waals surface area contributed by atoms with Crippen molar-refractivity contribution in [1.82, 2.24) is 10.2 Å². The Kier molecular flexibility index (Phi) is 3.75. The number of rotatable bonds is 1. The first kappa shape index (κ1) is 13.9. The van der Waals surface area contributed by atoms with E-state index in [2.05, 4.69) is 10.3 Å². The highest BCUT2D eigenvalue weighted by Gasteiger charge is 2.39. The summed E-state index contributed by atoms with van der Waals surface area (Å²) >= 11 is 1.73. The van der Waals surface area contributed by atoms with Crippen LogP contribution in [0.15, 0.2) is 4.99 Å². The number of hydrogen-bond acceptors (Lipinski definition) is 4. The summed E-state index contributed by atoms with van der Waals surface area (Å²) in [6.07, 6.45) is 7.25. The molecular weight excluding hydrogens is 274 g/mol. The van der Waals surface area contributed by atoms with Crippen LogP contribution in [0.4, 0.5) is 0 Å². The minimum Gasteiger partial charge on any atom is -0.359 e. The fraction of sp³-hybridized carbons (Fsp3) is 0.786. The van der Waals surface area contributed by atoms with E-state index in [9.17, 15) is 9.59 Å². The van der Waals surface area contributed by atoms with E-state index in [-0.39, 0.29) is 23.4 Å². The van der Waals surface area contributed by atoms with Gasteiger partial charge < -0.3 is 5.32 Å². The van der Waals surface area contributed by atoms with Crippen LogP contribution in [-0.4, -0.2) is 46.3 Å². The third kappa shape index (κ3) is 2.57. The Balaban J connectivity index is 1.68. The Morgan fingerprint density at radius 3 is 2.80 bits per heavy atom. The Labute approximate surface area is 123 Å². The number of thioether (sulfide) groups is 1. The molecule has 2 saturated heterocycles. The van der Waals surface area contributed by atoms with Gasteiger partial charge in [0.05, 0.1) is 0 Å². The van der Waals surface area contributed by atoms with Crippen LogP contribution in [0.25, 0.3) is 0 Å². The van der Waals surface area contributed by atoms with E-state index in [0.717, 1.165) is 10.9 Å². The molecule has 0 bridgehead atoms.